The highest BCUT2D eigenvalue weighted by atomic mass is 16.4. The Balaban J connectivity index is 1.99. The lowest BCUT2D eigenvalue weighted by Crippen LogP contribution is -2.47. The second kappa shape index (κ2) is 6.84. The second-order valence-corrected chi connectivity index (χ2v) is 6.05. The molecule has 2 aromatic carbocycles. The molecule has 0 aliphatic carbocycles. The van der Waals surface area contributed by atoms with E-state index in [1.165, 1.54) is 4.90 Å². The van der Waals surface area contributed by atoms with Crippen LogP contribution in [0.3, 0.4) is 0 Å². The van der Waals surface area contributed by atoms with Crippen LogP contribution in [-0.4, -0.2) is 40.4 Å². The fourth-order valence-electron chi connectivity index (χ4n) is 3.48. The summed E-state index contributed by atoms with van der Waals surface area (Å²) in [6, 6.07) is 20.0. The van der Waals surface area contributed by atoms with Crippen molar-refractivity contribution in [3.05, 3.63) is 71.8 Å². The molecule has 1 fully saturated rings. The minimum absolute atomic E-state index is 0.0189. The van der Waals surface area contributed by atoms with E-state index in [1.807, 2.05) is 60.7 Å². The first-order valence-corrected chi connectivity index (χ1v) is 7.92. The van der Waals surface area contributed by atoms with Crippen LogP contribution >= 0.6 is 0 Å². The molecule has 4 heteroatoms. The maximum Gasteiger partial charge on any atom is 0.407 e. The first kappa shape index (κ1) is 15.6. The molecule has 2 unspecified atom stereocenters. The number of hydrogen-bond donors (Lipinski definition) is 2. The fraction of sp³-hybridized carbons (Fsp3) is 0.316. The van der Waals surface area contributed by atoms with Crippen LogP contribution in [0, 0.1) is 5.92 Å². The van der Waals surface area contributed by atoms with Gasteiger partial charge in [-0.2, -0.15) is 0 Å². The minimum Gasteiger partial charge on any atom is -0.465 e. The van der Waals surface area contributed by atoms with Gasteiger partial charge in [0.2, 0.25) is 0 Å². The predicted molar refractivity (Wildman–Crippen MR) is 88.4 cm³/mol. The molecule has 0 bridgehead atoms. The molecule has 2 aromatic rings. The van der Waals surface area contributed by atoms with Crippen LogP contribution in [0.4, 0.5) is 4.79 Å². The number of aliphatic hydroxyl groups excluding tert-OH is 1. The van der Waals surface area contributed by atoms with Gasteiger partial charge in [0, 0.05) is 24.9 Å². The topological polar surface area (TPSA) is 60.8 Å². The Bertz CT molecular complexity index is 605. The third-order valence-corrected chi connectivity index (χ3v) is 4.64. The third kappa shape index (κ3) is 3.37. The van der Waals surface area contributed by atoms with Gasteiger partial charge in [0.15, 0.2) is 0 Å². The number of amides is 1. The van der Waals surface area contributed by atoms with Gasteiger partial charge in [-0.05, 0) is 17.5 Å². The number of nitrogens with zero attached hydrogens (tertiary/aromatic N) is 1. The van der Waals surface area contributed by atoms with Gasteiger partial charge in [0.1, 0.15) is 0 Å². The molecule has 0 spiro atoms. The van der Waals surface area contributed by atoms with E-state index >= 15 is 0 Å². The third-order valence-electron chi connectivity index (χ3n) is 4.64. The van der Waals surface area contributed by atoms with E-state index in [0.29, 0.717) is 19.5 Å². The number of rotatable bonds is 3. The van der Waals surface area contributed by atoms with Crippen LogP contribution in [-0.2, 0) is 0 Å². The molecule has 2 N–H and O–H groups in total. The molecule has 4 nitrogen and oxygen atoms in total. The summed E-state index contributed by atoms with van der Waals surface area (Å²) in [5.74, 6) is -0.167. The molecule has 1 saturated heterocycles. The molecule has 3 rings (SSSR count). The maximum absolute atomic E-state index is 11.3. The van der Waals surface area contributed by atoms with E-state index in [0.717, 1.165) is 11.1 Å². The van der Waals surface area contributed by atoms with Gasteiger partial charge in [0.05, 0.1) is 6.10 Å². The Kier molecular flexibility index (Phi) is 4.63. The molecule has 120 valence electrons. The number of carboxylic acid groups (broad SMARTS) is 1. The number of piperidine rings is 1. The minimum atomic E-state index is -0.915. The Morgan fingerprint density at radius 3 is 2.00 bits per heavy atom. The number of aliphatic hydroxyl groups is 1. The molecule has 1 aliphatic heterocycles. The molecule has 0 saturated carbocycles. The summed E-state index contributed by atoms with van der Waals surface area (Å²) in [7, 11) is 0. The van der Waals surface area contributed by atoms with E-state index in [2.05, 4.69) is 0 Å². The smallest absolute Gasteiger partial charge is 0.407 e. The van der Waals surface area contributed by atoms with Crippen LogP contribution in [0.2, 0.25) is 0 Å². The van der Waals surface area contributed by atoms with Crippen LogP contribution in [0.25, 0.3) is 0 Å². The first-order chi connectivity index (χ1) is 11.2. The van der Waals surface area contributed by atoms with E-state index in [4.69, 9.17) is 0 Å². The van der Waals surface area contributed by atoms with Gasteiger partial charge in [-0.3, -0.25) is 0 Å². The molecular weight excluding hydrogens is 290 g/mol. The fourth-order valence-corrected chi connectivity index (χ4v) is 3.48. The lowest BCUT2D eigenvalue weighted by atomic mass is 9.75. The molecule has 1 aliphatic rings. The van der Waals surface area contributed by atoms with Crippen molar-refractivity contribution >= 4 is 6.09 Å². The Morgan fingerprint density at radius 1 is 1.00 bits per heavy atom. The van der Waals surface area contributed by atoms with Gasteiger partial charge in [0.25, 0.3) is 0 Å². The zero-order valence-corrected chi connectivity index (χ0v) is 12.9. The van der Waals surface area contributed by atoms with Crippen LogP contribution < -0.4 is 0 Å². The number of likely N-dealkylation sites (tertiary alicyclic amines) is 1. The van der Waals surface area contributed by atoms with Crippen molar-refractivity contribution in [2.24, 2.45) is 5.92 Å². The summed E-state index contributed by atoms with van der Waals surface area (Å²) < 4.78 is 0. The molecule has 1 heterocycles. The first-order valence-electron chi connectivity index (χ1n) is 7.92. The average molecular weight is 311 g/mol. The van der Waals surface area contributed by atoms with Gasteiger partial charge in [-0.25, -0.2) is 4.79 Å². The van der Waals surface area contributed by atoms with E-state index < -0.39 is 12.2 Å². The van der Waals surface area contributed by atoms with E-state index in [1.54, 1.807) is 0 Å². The molecule has 2 atom stereocenters. The van der Waals surface area contributed by atoms with E-state index in [9.17, 15) is 15.0 Å². The summed E-state index contributed by atoms with van der Waals surface area (Å²) >= 11 is 0. The largest absolute Gasteiger partial charge is 0.465 e. The van der Waals surface area contributed by atoms with Gasteiger partial charge < -0.3 is 15.1 Å². The van der Waals surface area contributed by atoms with Crippen molar-refractivity contribution in [3.63, 3.8) is 0 Å². The quantitative estimate of drug-likeness (QED) is 0.915. The van der Waals surface area contributed by atoms with Crippen LogP contribution in [0.15, 0.2) is 60.7 Å². The van der Waals surface area contributed by atoms with Crippen molar-refractivity contribution in [2.75, 3.05) is 13.1 Å². The molecule has 0 aromatic heterocycles. The monoisotopic (exact) mass is 311 g/mol. The summed E-state index contributed by atoms with van der Waals surface area (Å²) in [6.07, 6.45) is -0.939. The van der Waals surface area contributed by atoms with Crippen molar-refractivity contribution < 1.29 is 15.0 Å². The SMILES string of the molecule is O=C(O)N1CCC(O)C(C(c2ccccc2)c2ccccc2)C1. The van der Waals surface area contributed by atoms with Crippen LogP contribution in [0.5, 0.6) is 0 Å². The molecular formula is C19H21NO3. The molecule has 23 heavy (non-hydrogen) atoms. The average Bonchev–Trinajstić information content (AvgIpc) is 2.58. The lowest BCUT2D eigenvalue weighted by molar-refractivity contribution is 0.0229. The zero-order valence-electron chi connectivity index (χ0n) is 12.9. The van der Waals surface area contributed by atoms with Crippen molar-refractivity contribution in [3.8, 4) is 0 Å². The highest BCUT2D eigenvalue weighted by Gasteiger charge is 2.36. The Hall–Kier alpha value is -2.33. The highest BCUT2D eigenvalue weighted by Crippen LogP contribution is 2.37. The van der Waals surface area contributed by atoms with Crippen molar-refractivity contribution in [1.29, 1.82) is 0 Å². The Labute approximate surface area is 136 Å². The highest BCUT2D eigenvalue weighted by molar-refractivity contribution is 5.65. The standard InChI is InChI=1S/C19H21NO3/c21-17-11-12-20(19(22)23)13-16(17)18(14-7-3-1-4-8-14)15-9-5-2-6-10-15/h1-10,16-18,21H,11-13H2,(H,22,23). The van der Waals surface area contributed by atoms with E-state index in [-0.39, 0.29) is 11.8 Å². The predicted octanol–water partition coefficient (Wildman–Crippen LogP) is 3.18. The van der Waals surface area contributed by atoms with Gasteiger partial charge in [-0.1, -0.05) is 60.7 Å². The van der Waals surface area contributed by atoms with Crippen molar-refractivity contribution in [1.82, 2.24) is 4.90 Å². The second-order valence-electron chi connectivity index (χ2n) is 6.05. The summed E-state index contributed by atoms with van der Waals surface area (Å²) in [5.41, 5.74) is 2.21. The lowest BCUT2D eigenvalue weighted by Gasteiger charge is -2.39. The summed E-state index contributed by atoms with van der Waals surface area (Å²) in [4.78, 5) is 12.8. The van der Waals surface area contributed by atoms with Gasteiger partial charge >= 0.3 is 6.09 Å². The number of carbonyl (C=O) groups is 1. The summed E-state index contributed by atoms with van der Waals surface area (Å²) in [6.45, 7) is 0.744. The normalized spacial score (nSPS) is 21.4. The zero-order chi connectivity index (χ0) is 16.2. The Morgan fingerprint density at radius 2 is 1.52 bits per heavy atom. The molecule has 1 amide bonds. The maximum atomic E-state index is 11.3. The number of benzene rings is 2. The molecule has 0 radical (unpaired) electrons. The van der Waals surface area contributed by atoms with Crippen LogP contribution in [0.1, 0.15) is 23.5 Å². The van der Waals surface area contributed by atoms with Crippen molar-refractivity contribution in [2.45, 2.75) is 18.4 Å². The summed E-state index contributed by atoms with van der Waals surface area (Å²) in [5, 5.41) is 19.9. The number of hydrogen-bond acceptors (Lipinski definition) is 2. The van der Waals surface area contributed by atoms with Gasteiger partial charge in [-0.15, -0.1) is 0 Å².